The SMILES string of the molecule is CC(C)c1ccc(C(NC(=O)C2CC(F)CN2C(=O)Cc2noc3ccccc23)c2ccccc2)cc1. The number of hydrogen-bond acceptors (Lipinski definition) is 4. The smallest absolute Gasteiger partial charge is 0.243 e. The molecule has 0 radical (unpaired) electrons. The van der Waals surface area contributed by atoms with E-state index in [0.717, 1.165) is 16.5 Å². The first-order valence-electron chi connectivity index (χ1n) is 12.6. The summed E-state index contributed by atoms with van der Waals surface area (Å²) in [4.78, 5) is 28.1. The van der Waals surface area contributed by atoms with Crippen LogP contribution in [0.2, 0.25) is 0 Å². The van der Waals surface area contributed by atoms with Gasteiger partial charge < -0.3 is 14.7 Å². The van der Waals surface area contributed by atoms with Crippen molar-refractivity contribution in [2.24, 2.45) is 0 Å². The van der Waals surface area contributed by atoms with E-state index in [9.17, 15) is 14.0 Å². The van der Waals surface area contributed by atoms with E-state index in [1.807, 2.05) is 60.7 Å². The third-order valence-corrected chi connectivity index (χ3v) is 7.00. The number of alkyl halides is 1. The van der Waals surface area contributed by atoms with Gasteiger partial charge in [-0.25, -0.2) is 4.39 Å². The number of benzene rings is 3. The summed E-state index contributed by atoms with van der Waals surface area (Å²) in [6.07, 6.45) is -1.37. The first-order valence-corrected chi connectivity index (χ1v) is 12.6. The number of carbonyl (C=O) groups is 2. The maximum absolute atomic E-state index is 14.6. The lowest BCUT2D eigenvalue weighted by atomic mass is 9.95. The Balaban J connectivity index is 1.37. The van der Waals surface area contributed by atoms with Gasteiger partial charge in [0.15, 0.2) is 5.58 Å². The fraction of sp³-hybridized carbons (Fsp3) is 0.300. The fourth-order valence-corrected chi connectivity index (χ4v) is 4.94. The summed E-state index contributed by atoms with van der Waals surface area (Å²) in [5.74, 6) is -0.336. The first-order chi connectivity index (χ1) is 17.9. The minimum atomic E-state index is -1.27. The Bertz CT molecular complexity index is 1380. The van der Waals surface area contributed by atoms with Gasteiger partial charge in [0.25, 0.3) is 0 Å². The molecule has 2 heterocycles. The Hall–Kier alpha value is -4.00. The van der Waals surface area contributed by atoms with Crippen molar-refractivity contribution < 1.29 is 18.5 Å². The summed E-state index contributed by atoms with van der Waals surface area (Å²) >= 11 is 0. The van der Waals surface area contributed by atoms with E-state index in [0.29, 0.717) is 17.2 Å². The van der Waals surface area contributed by atoms with Gasteiger partial charge in [0.05, 0.1) is 19.0 Å². The molecule has 190 valence electrons. The van der Waals surface area contributed by atoms with Crippen molar-refractivity contribution in [2.75, 3.05) is 6.54 Å². The second kappa shape index (κ2) is 10.5. The van der Waals surface area contributed by atoms with E-state index < -0.39 is 18.3 Å². The molecule has 1 aliphatic heterocycles. The number of para-hydroxylation sites is 1. The van der Waals surface area contributed by atoms with Gasteiger partial charge in [0.1, 0.15) is 17.9 Å². The first kappa shape index (κ1) is 24.7. The molecule has 3 atom stereocenters. The lowest BCUT2D eigenvalue weighted by Gasteiger charge is -2.27. The quantitative estimate of drug-likeness (QED) is 0.373. The summed E-state index contributed by atoms with van der Waals surface area (Å²) < 4.78 is 19.9. The third-order valence-electron chi connectivity index (χ3n) is 7.00. The molecule has 0 aliphatic carbocycles. The summed E-state index contributed by atoms with van der Waals surface area (Å²) in [7, 11) is 0. The zero-order valence-electron chi connectivity index (χ0n) is 20.9. The molecule has 3 unspecified atom stereocenters. The van der Waals surface area contributed by atoms with Crippen molar-refractivity contribution in [3.05, 3.63) is 101 Å². The van der Waals surface area contributed by atoms with Crippen LogP contribution < -0.4 is 5.32 Å². The van der Waals surface area contributed by atoms with E-state index >= 15 is 0 Å². The number of nitrogens with zero attached hydrogens (tertiary/aromatic N) is 2. The topological polar surface area (TPSA) is 75.4 Å². The van der Waals surface area contributed by atoms with Gasteiger partial charge in [-0.05, 0) is 34.7 Å². The summed E-state index contributed by atoms with van der Waals surface area (Å²) in [6, 6.07) is 23.8. The molecule has 1 fully saturated rings. The lowest BCUT2D eigenvalue weighted by molar-refractivity contribution is -0.138. The molecular formula is C30H30FN3O3. The van der Waals surface area contributed by atoms with Crippen molar-refractivity contribution >= 4 is 22.8 Å². The molecule has 37 heavy (non-hydrogen) atoms. The fourth-order valence-electron chi connectivity index (χ4n) is 4.94. The number of hydrogen-bond donors (Lipinski definition) is 1. The number of nitrogens with one attached hydrogen (secondary N) is 1. The van der Waals surface area contributed by atoms with Crippen LogP contribution in [-0.4, -0.2) is 40.6 Å². The number of carbonyl (C=O) groups excluding carboxylic acids is 2. The lowest BCUT2D eigenvalue weighted by Crippen LogP contribution is -2.47. The highest BCUT2D eigenvalue weighted by Gasteiger charge is 2.40. The normalized spacial score (nSPS) is 18.3. The molecule has 0 saturated carbocycles. The summed E-state index contributed by atoms with van der Waals surface area (Å²) in [5.41, 5.74) is 4.10. The summed E-state index contributed by atoms with van der Waals surface area (Å²) in [6.45, 7) is 4.14. The standard InChI is InChI=1S/C30H30FN3O3/c1-19(2)20-12-14-22(15-13-20)29(21-8-4-3-5-9-21)32-30(36)26-16-23(31)18-34(26)28(35)17-25-24-10-6-7-11-27(24)37-33-25/h3-15,19,23,26,29H,16-18H2,1-2H3,(H,32,36). The molecule has 0 bridgehead atoms. The zero-order chi connectivity index (χ0) is 25.9. The minimum Gasteiger partial charge on any atom is -0.356 e. The number of likely N-dealkylation sites (tertiary alicyclic amines) is 1. The zero-order valence-corrected chi connectivity index (χ0v) is 20.9. The molecule has 1 aromatic heterocycles. The van der Waals surface area contributed by atoms with Crippen molar-refractivity contribution in [3.8, 4) is 0 Å². The number of amides is 2. The molecule has 6 nitrogen and oxygen atoms in total. The minimum absolute atomic E-state index is 0.0368. The van der Waals surface area contributed by atoms with E-state index in [1.165, 1.54) is 10.5 Å². The molecule has 4 aromatic rings. The number of aromatic nitrogens is 1. The molecule has 3 aromatic carbocycles. The maximum Gasteiger partial charge on any atom is 0.243 e. The van der Waals surface area contributed by atoms with Crippen LogP contribution in [0.5, 0.6) is 0 Å². The van der Waals surface area contributed by atoms with Gasteiger partial charge in [-0.1, -0.05) is 85.7 Å². The molecule has 1 saturated heterocycles. The molecule has 5 rings (SSSR count). The van der Waals surface area contributed by atoms with Gasteiger partial charge in [-0.2, -0.15) is 0 Å². The molecule has 0 spiro atoms. The Kier molecular flexibility index (Phi) is 7.04. The monoisotopic (exact) mass is 499 g/mol. The van der Waals surface area contributed by atoms with Gasteiger partial charge in [0.2, 0.25) is 11.8 Å². The Labute approximate surface area is 215 Å². The van der Waals surface area contributed by atoms with Gasteiger partial charge in [-0.3, -0.25) is 9.59 Å². The second-order valence-corrected chi connectivity index (χ2v) is 9.87. The van der Waals surface area contributed by atoms with Crippen molar-refractivity contribution in [3.63, 3.8) is 0 Å². The van der Waals surface area contributed by atoms with Gasteiger partial charge in [0, 0.05) is 11.8 Å². The highest BCUT2D eigenvalue weighted by atomic mass is 19.1. The van der Waals surface area contributed by atoms with E-state index in [-0.39, 0.29) is 31.2 Å². The van der Waals surface area contributed by atoms with E-state index in [4.69, 9.17) is 4.52 Å². The van der Waals surface area contributed by atoms with Crippen LogP contribution in [0, 0.1) is 0 Å². The van der Waals surface area contributed by atoms with Crippen molar-refractivity contribution in [1.82, 2.24) is 15.4 Å². The van der Waals surface area contributed by atoms with Crippen LogP contribution in [0.25, 0.3) is 11.0 Å². The third kappa shape index (κ3) is 5.26. The van der Waals surface area contributed by atoms with Crippen molar-refractivity contribution in [1.29, 1.82) is 0 Å². The predicted octanol–water partition coefficient (Wildman–Crippen LogP) is 5.34. The Morgan fingerprint density at radius 3 is 2.35 bits per heavy atom. The Morgan fingerprint density at radius 2 is 1.62 bits per heavy atom. The number of halogens is 1. The number of fused-ring (bicyclic) bond motifs is 1. The van der Waals surface area contributed by atoms with Crippen LogP contribution in [0.3, 0.4) is 0 Å². The van der Waals surface area contributed by atoms with E-state index in [2.05, 4.69) is 36.5 Å². The van der Waals surface area contributed by atoms with Crippen LogP contribution in [0.15, 0.2) is 83.4 Å². The van der Waals surface area contributed by atoms with Gasteiger partial charge in [-0.15, -0.1) is 0 Å². The molecule has 1 N–H and O–H groups in total. The van der Waals surface area contributed by atoms with Gasteiger partial charge >= 0.3 is 0 Å². The average molecular weight is 500 g/mol. The molecule has 7 heteroatoms. The maximum atomic E-state index is 14.6. The highest BCUT2D eigenvalue weighted by Crippen LogP contribution is 2.28. The molecular weight excluding hydrogens is 469 g/mol. The predicted molar refractivity (Wildman–Crippen MR) is 140 cm³/mol. The van der Waals surface area contributed by atoms with Crippen LogP contribution in [0.1, 0.15) is 54.6 Å². The highest BCUT2D eigenvalue weighted by molar-refractivity contribution is 5.91. The van der Waals surface area contributed by atoms with Crippen LogP contribution in [0.4, 0.5) is 4.39 Å². The summed E-state index contributed by atoms with van der Waals surface area (Å²) in [5, 5.41) is 7.86. The Morgan fingerprint density at radius 1 is 0.973 bits per heavy atom. The second-order valence-electron chi connectivity index (χ2n) is 9.87. The molecule has 1 aliphatic rings. The van der Waals surface area contributed by atoms with Crippen LogP contribution >= 0.6 is 0 Å². The largest absolute Gasteiger partial charge is 0.356 e. The molecule has 2 amide bonds. The van der Waals surface area contributed by atoms with Crippen molar-refractivity contribution in [2.45, 2.75) is 50.9 Å². The van der Waals surface area contributed by atoms with E-state index in [1.54, 1.807) is 6.07 Å². The number of rotatable bonds is 7. The average Bonchev–Trinajstić information content (AvgIpc) is 3.51. The van der Waals surface area contributed by atoms with Crippen LogP contribution in [-0.2, 0) is 16.0 Å².